The minimum absolute atomic E-state index is 0.299. The van der Waals surface area contributed by atoms with Crippen LogP contribution in [0.2, 0.25) is 0 Å². The van der Waals surface area contributed by atoms with Gasteiger partial charge in [-0.05, 0) is 12.1 Å². The second-order valence-electron chi connectivity index (χ2n) is 5.15. The molecule has 140 valence electrons. The van der Waals surface area contributed by atoms with Crippen LogP contribution in [0.3, 0.4) is 0 Å². The molecule has 10 heteroatoms. The number of amides is 1. The molecule has 0 saturated carbocycles. The van der Waals surface area contributed by atoms with E-state index < -0.39 is 55.7 Å². The number of hydrogen-bond acceptors (Lipinski definition) is 9. The quantitative estimate of drug-likeness (QED) is 0.176. The van der Waals surface area contributed by atoms with Crippen LogP contribution in [0.25, 0.3) is 0 Å². The Hall–Kier alpha value is -2.08. The van der Waals surface area contributed by atoms with E-state index in [1.807, 2.05) is 0 Å². The van der Waals surface area contributed by atoms with Crippen molar-refractivity contribution in [2.75, 3.05) is 13.2 Å². The van der Waals surface area contributed by atoms with Crippen molar-refractivity contribution in [2.24, 2.45) is 0 Å². The maximum absolute atomic E-state index is 11.7. The van der Waals surface area contributed by atoms with Gasteiger partial charge in [-0.2, -0.15) is 0 Å². The van der Waals surface area contributed by atoms with Crippen LogP contribution in [-0.2, 0) is 9.53 Å². The molecule has 1 unspecified atom stereocenters. The van der Waals surface area contributed by atoms with Crippen molar-refractivity contribution >= 4 is 11.9 Å². The summed E-state index contributed by atoms with van der Waals surface area (Å²) in [6.45, 7) is -1.51. The van der Waals surface area contributed by atoms with Gasteiger partial charge in [0.2, 0.25) is 6.29 Å². The predicted octanol–water partition coefficient (Wildman–Crippen LogP) is -3.29. The maximum atomic E-state index is 11.7. The topological polar surface area (TPSA) is 177 Å². The van der Waals surface area contributed by atoms with E-state index in [-0.39, 0.29) is 0 Å². The van der Waals surface area contributed by atoms with Crippen molar-refractivity contribution in [3.05, 3.63) is 35.9 Å². The molecule has 0 saturated heterocycles. The lowest BCUT2D eigenvalue weighted by atomic mass is 10.0. The largest absolute Gasteiger partial charge is 0.432 e. The fraction of sp³-hybridized carbons (Fsp3) is 0.467. The third-order valence-electron chi connectivity index (χ3n) is 3.25. The Morgan fingerprint density at radius 1 is 0.960 bits per heavy atom. The fourth-order valence-electron chi connectivity index (χ4n) is 1.80. The minimum Gasteiger partial charge on any atom is -0.432 e. The number of esters is 1. The third kappa shape index (κ3) is 6.38. The molecular formula is C15H21NO9. The first-order valence-electron chi connectivity index (χ1n) is 7.31. The lowest BCUT2D eigenvalue weighted by Gasteiger charge is -2.28. The van der Waals surface area contributed by atoms with E-state index in [1.54, 1.807) is 18.2 Å². The van der Waals surface area contributed by atoms with Crippen LogP contribution >= 0.6 is 0 Å². The maximum Gasteiger partial charge on any atom is 0.327 e. The van der Waals surface area contributed by atoms with Crippen molar-refractivity contribution in [1.29, 1.82) is 0 Å². The summed E-state index contributed by atoms with van der Waals surface area (Å²) in [5, 5.41) is 58.1. The van der Waals surface area contributed by atoms with E-state index in [4.69, 9.17) is 10.2 Å². The summed E-state index contributed by atoms with van der Waals surface area (Å²) in [6.07, 6.45) is -10.2. The molecule has 0 bridgehead atoms. The molecule has 1 aromatic rings. The number of aliphatic hydroxyl groups is 6. The summed E-state index contributed by atoms with van der Waals surface area (Å²) < 4.78 is 4.42. The molecular weight excluding hydrogens is 338 g/mol. The number of rotatable bonds is 9. The van der Waals surface area contributed by atoms with Gasteiger partial charge >= 0.3 is 5.97 Å². The lowest BCUT2D eigenvalue weighted by molar-refractivity contribution is -0.213. The Balaban J connectivity index is 2.46. The lowest BCUT2D eigenvalue weighted by Crippen LogP contribution is -2.51. The first kappa shape index (κ1) is 21.0. The molecule has 0 radical (unpaired) electrons. The van der Waals surface area contributed by atoms with Gasteiger partial charge in [0.15, 0.2) is 0 Å². The van der Waals surface area contributed by atoms with Gasteiger partial charge in [-0.3, -0.25) is 9.59 Å². The predicted molar refractivity (Wildman–Crippen MR) is 82.0 cm³/mol. The summed E-state index contributed by atoms with van der Waals surface area (Å²) in [7, 11) is 0. The summed E-state index contributed by atoms with van der Waals surface area (Å²) in [6, 6.07) is 7.99. The van der Waals surface area contributed by atoms with Gasteiger partial charge in [-0.25, -0.2) is 0 Å². The highest BCUT2D eigenvalue weighted by Crippen LogP contribution is 2.09. The molecule has 5 atom stereocenters. The second-order valence-corrected chi connectivity index (χ2v) is 5.15. The van der Waals surface area contributed by atoms with Gasteiger partial charge in [0.25, 0.3) is 5.91 Å². The number of carbonyl (C=O) groups excluding carboxylic acids is 2. The number of carbonyl (C=O) groups is 2. The Morgan fingerprint density at radius 3 is 2.12 bits per heavy atom. The Kier molecular flexibility index (Phi) is 8.41. The summed E-state index contributed by atoms with van der Waals surface area (Å²) >= 11 is 0. The molecule has 0 spiro atoms. The number of hydrogen-bond donors (Lipinski definition) is 7. The van der Waals surface area contributed by atoms with E-state index in [2.05, 4.69) is 10.1 Å². The molecule has 0 aromatic heterocycles. The number of nitrogens with one attached hydrogen (secondary N) is 1. The van der Waals surface area contributed by atoms with Crippen molar-refractivity contribution in [3.63, 3.8) is 0 Å². The Labute approximate surface area is 142 Å². The molecule has 0 aliphatic carbocycles. The highest BCUT2D eigenvalue weighted by molar-refractivity contribution is 5.95. The van der Waals surface area contributed by atoms with Gasteiger partial charge in [0.1, 0.15) is 31.0 Å². The number of benzene rings is 1. The van der Waals surface area contributed by atoms with Gasteiger partial charge in [-0.15, -0.1) is 0 Å². The van der Waals surface area contributed by atoms with E-state index >= 15 is 0 Å². The normalized spacial score (nSPS) is 17.0. The molecule has 10 nitrogen and oxygen atoms in total. The summed E-state index contributed by atoms with van der Waals surface area (Å²) in [5.41, 5.74) is 0.299. The SMILES string of the molecule is O=C(CNC(=O)c1ccccc1)OC(O)[C@H](O)[C@H](O)[C@H](O)[C@H](O)CO. The third-order valence-corrected chi connectivity index (χ3v) is 3.25. The van der Waals surface area contributed by atoms with Crippen LogP contribution in [-0.4, -0.2) is 86.4 Å². The van der Waals surface area contributed by atoms with E-state index in [1.165, 1.54) is 12.1 Å². The molecule has 0 aliphatic heterocycles. The zero-order valence-corrected chi connectivity index (χ0v) is 13.1. The van der Waals surface area contributed by atoms with Gasteiger partial charge in [-0.1, -0.05) is 18.2 Å². The van der Waals surface area contributed by atoms with Crippen LogP contribution in [0.1, 0.15) is 10.4 Å². The number of ether oxygens (including phenoxy) is 1. The Morgan fingerprint density at radius 2 is 1.56 bits per heavy atom. The molecule has 1 amide bonds. The van der Waals surface area contributed by atoms with E-state index in [0.29, 0.717) is 5.56 Å². The molecule has 0 fully saturated rings. The van der Waals surface area contributed by atoms with E-state index in [9.17, 15) is 30.0 Å². The molecule has 1 aromatic carbocycles. The van der Waals surface area contributed by atoms with E-state index in [0.717, 1.165) is 0 Å². The fourth-order valence-corrected chi connectivity index (χ4v) is 1.80. The van der Waals surface area contributed by atoms with Crippen LogP contribution in [0.4, 0.5) is 0 Å². The Bertz CT molecular complexity index is 553. The van der Waals surface area contributed by atoms with Crippen molar-refractivity contribution in [3.8, 4) is 0 Å². The second kappa shape index (κ2) is 10.0. The summed E-state index contributed by atoms with van der Waals surface area (Å²) in [4.78, 5) is 23.3. The molecule has 1 rings (SSSR count). The smallest absolute Gasteiger partial charge is 0.327 e. The highest BCUT2D eigenvalue weighted by Gasteiger charge is 2.35. The average molecular weight is 359 g/mol. The molecule has 0 heterocycles. The van der Waals surface area contributed by atoms with Crippen LogP contribution in [0.15, 0.2) is 30.3 Å². The highest BCUT2D eigenvalue weighted by atomic mass is 16.6. The number of aliphatic hydroxyl groups excluding tert-OH is 6. The van der Waals surface area contributed by atoms with Gasteiger partial charge in [0.05, 0.1) is 6.61 Å². The molecule has 0 aliphatic rings. The van der Waals surface area contributed by atoms with Crippen LogP contribution in [0.5, 0.6) is 0 Å². The van der Waals surface area contributed by atoms with Crippen molar-refractivity contribution < 1.29 is 45.0 Å². The zero-order valence-electron chi connectivity index (χ0n) is 13.1. The minimum atomic E-state index is -2.23. The standard InChI is InChI=1S/C15H21NO9/c17-7-9(18)11(20)12(21)13(22)15(24)25-10(19)6-16-14(23)8-4-2-1-3-5-8/h1-5,9,11-13,15,17-18,20-22,24H,6-7H2,(H,16,23)/t9-,11-,12-,13-,15?/m1/s1. The first-order valence-corrected chi connectivity index (χ1v) is 7.31. The summed E-state index contributed by atoms with van der Waals surface area (Å²) in [5.74, 6) is -1.67. The first-order chi connectivity index (χ1) is 11.8. The van der Waals surface area contributed by atoms with Gasteiger partial charge < -0.3 is 40.7 Å². The van der Waals surface area contributed by atoms with Crippen LogP contribution in [0, 0.1) is 0 Å². The monoisotopic (exact) mass is 359 g/mol. The molecule has 7 N–H and O–H groups in total. The van der Waals surface area contributed by atoms with Crippen LogP contribution < -0.4 is 5.32 Å². The molecule has 25 heavy (non-hydrogen) atoms. The van der Waals surface area contributed by atoms with Crippen molar-refractivity contribution in [1.82, 2.24) is 5.32 Å². The van der Waals surface area contributed by atoms with Crippen molar-refractivity contribution in [2.45, 2.75) is 30.7 Å². The van der Waals surface area contributed by atoms with Gasteiger partial charge in [0, 0.05) is 5.56 Å². The average Bonchev–Trinajstić information content (AvgIpc) is 2.64. The zero-order chi connectivity index (χ0) is 19.0.